The van der Waals surface area contributed by atoms with Gasteiger partial charge in [0, 0.05) is 25.7 Å². The molecule has 105 heavy (non-hydrogen) atoms. The van der Waals surface area contributed by atoms with E-state index in [0.717, 1.165) is 95.8 Å². The van der Waals surface area contributed by atoms with E-state index in [9.17, 15) is 43.2 Å². The minimum Gasteiger partial charge on any atom is -0.462 e. The van der Waals surface area contributed by atoms with E-state index in [1.165, 1.54) is 289 Å². The first kappa shape index (κ1) is 103. The first-order valence-corrected chi connectivity index (χ1v) is 47.7. The number of rotatable bonds is 86. The average molecular weight is 1540 g/mol. The number of hydrogen-bond acceptors (Lipinski definition) is 15. The number of hydrogen-bond donors (Lipinski definition) is 3. The number of carbonyl (C=O) groups is 4. The van der Waals surface area contributed by atoms with E-state index in [1.807, 2.05) is 0 Å². The van der Waals surface area contributed by atoms with E-state index in [-0.39, 0.29) is 25.7 Å². The van der Waals surface area contributed by atoms with Gasteiger partial charge < -0.3 is 33.8 Å². The number of unbranched alkanes of at least 4 members (excludes halogenated alkanes) is 57. The molecule has 0 aromatic carbocycles. The first-order valence-electron chi connectivity index (χ1n) is 44.7. The van der Waals surface area contributed by atoms with Crippen LogP contribution in [0.5, 0.6) is 0 Å². The summed E-state index contributed by atoms with van der Waals surface area (Å²) < 4.78 is 68.9. The molecule has 0 saturated carbocycles. The average Bonchev–Trinajstić information content (AvgIpc) is 0.929. The third kappa shape index (κ3) is 78.5. The molecule has 0 aliphatic rings. The highest BCUT2D eigenvalue weighted by Crippen LogP contribution is 2.45. The van der Waals surface area contributed by atoms with E-state index >= 15 is 0 Å². The second-order valence-electron chi connectivity index (χ2n) is 31.2. The van der Waals surface area contributed by atoms with Gasteiger partial charge in [-0.05, 0) is 31.6 Å². The smallest absolute Gasteiger partial charge is 0.462 e. The molecule has 0 heterocycles. The van der Waals surface area contributed by atoms with Crippen molar-refractivity contribution in [3.05, 3.63) is 0 Å². The number of phosphoric acid groups is 2. The van der Waals surface area contributed by atoms with Crippen LogP contribution in [0.15, 0.2) is 0 Å². The van der Waals surface area contributed by atoms with Crippen LogP contribution in [0.3, 0.4) is 0 Å². The molecular weight excluding hydrogens is 1370 g/mol. The summed E-state index contributed by atoms with van der Waals surface area (Å²) in [4.78, 5) is 73.2. The summed E-state index contributed by atoms with van der Waals surface area (Å²) in [5.74, 6) is -1.23. The van der Waals surface area contributed by atoms with Gasteiger partial charge >= 0.3 is 39.5 Å². The number of ether oxygens (including phenoxy) is 4. The van der Waals surface area contributed by atoms with E-state index in [4.69, 9.17) is 37.0 Å². The molecule has 6 atom stereocenters. The Morgan fingerprint density at radius 1 is 0.267 bits per heavy atom. The monoisotopic (exact) mass is 1540 g/mol. The number of aliphatic hydroxyl groups excluding tert-OH is 1. The SMILES string of the molecule is CCCCCCCCCCCCCCCCCCCCCC(=O)OC[C@H](COP(=O)(O)OC[C@@H](O)COP(=O)(O)OC[C@@H](COC(=O)CCCCCCCCCCCC)OC(=O)CCCCCCCCCCCCCCCC)OC(=O)CCCCCCCCCCCCCCCCCCCCC(C)CC. The van der Waals surface area contributed by atoms with Crippen molar-refractivity contribution < 1.29 is 80.2 Å². The maximum Gasteiger partial charge on any atom is 0.472 e. The van der Waals surface area contributed by atoms with Crippen molar-refractivity contribution >= 4 is 39.5 Å². The molecule has 0 bridgehead atoms. The molecule has 0 fully saturated rings. The Balaban J connectivity index is 5.21. The van der Waals surface area contributed by atoms with Crippen LogP contribution in [-0.4, -0.2) is 96.7 Å². The Morgan fingerprint density at radius 3 is 0.676 bits per heavy atom. The highest BCUT2D eigenvalue weighted by Gasteiger charge is 2.30. The summed E-state index contributed by atoms with van der Waals surface area (Å²) >= 11 is 0. The van der Waals surface area contributed by atoms with Crippen molar-refractivity contribution in [1.82, 2.24) is 0 Å². The fourth-order valence-corrected chi connectivity index (χ4v) is 15.0. The molecule has 0 aliphatic heterocycles. The van der Waals surface area contributed by atoms with Crippen LogP contribution in [0.4, 0.5) is 0 Å². The maximum atomic E-state index is 13.1. The van der Waals surface area contributed by atoms with Crippen LogP contribution in [0, 0.1) is 5.92 Å². The van der Waals surface area contributed by atoms with Crippen LogP contribution in [0.1, 0.15) is 465 Å². The third-order valence-corrected chi connectivity index (χ3v) is 22.5. The zero-order valence-corrected chi connectivity index (χ0v) is 70.7. The minimum absolute atomic E-state index is 0.109. The van der Waals surface area contributed by atoms with Gasteiger partial charge in [0.1, 0.15) is 19.3 Å². The van der Waals surface area contributed by atoms with Crippen molar-refractivity contribution in [2.24, 2.45) is 5.92 Å². The Morgan fingerprint density at radius 2 is 0.457 bits per heavy atom. The highest BCUT2D eigenvalue weighted by molar-refractivity contribution is 7.47. The van der Waals surface area contributed by atoms with Crippen molar-refractivity contribution in [2.75, 3.05) is 39.6 Å². The minimum atomic E-state index is -4.97. The molecule has 0 saturated heterocycles. The zero-order valence-electron chi connectivity index (χ0n) is 68.9. The fraction of sp³-hybridized carbons (Fsp3) is 0.953. The predicted octanol–water partition coefficient (Wildman–Crippen LogP) is 26.4. The maximum absolute atomic E-state index is 13.1. The summed E-state index contributed by atoms with van der Waals surface area (Å²) in [6.07, 6.45) is 72.1. The van der Waals surface area contributed by atoms with Crippen LogP contribution < -0.4 is 0 Å². The summed E-state index contributed by atoms with van der Waals surface area (Å²) in [7, 11) is -9.92. The van der Waals surface area contributed by atoms with Gasteiger partial charge in [0.2, 0.25) is 0 Å². The Hall–Kier alpha value is -1.94. The van der Waals surface area contributed by atoms with Crippen LogP contribution in [-0.2, 0) is 65.4 Å². The van der Waals surface area contributed by atoms with Gasteiger partial charge in [0.05, 0.1) is 26.4 Å². The molecular formula is C86H168O17P2. The molecule has 0 aromatic heterocycles. The molecule has 624 valence electrons. The molecule has 0 amide bonds. The van der Waals surface area contributed by atoms with Crippen molar-refractivity contribution in [2.45, 2.75) is 483 Å². The lowest BCUT2D eigenvalue weighted by molar-refractivity contribution is -0.161. The lowest BCUT2D eigenvalue weighted by atomic mass is 9.99. The van der Waals surface area contributed by atoms with Crippen LogP contribution >= 0.6 is 15.6 Å². The number of phosphoric ester groups is 2. The molecule has 19 heteroatoms. The molecule has 0 rings (SSSR count). The topological polar surface area (TPSA) is 237 Å². The quantitative estimate of drug-likeness (QED) is 0.0222. The number of esters is 4. The van der Waals surface area contributed by atoms with E-state index in [0.29, 0.717) is 25.7 Å². The van der Waals surface area contributed by atoms with Crippen LogP contribution in [0.25, 0.3) is 0 Å². The van der Waals surface area contributed by atoms with Crippen molar-refractivity contribution in [3.8, 4) is 0 Å². The standard InChI is InChI=1S/C86H168O17P2/c1-6-10-13-16-19-22-25-27-29-30-31-35-38-42-45-50-55-60-65-70-84(89)97-76-82(103-86(91)72-67-62-57-52-47-43-39-36-33-32-34-37-40-44-48-53-58-63-68-79(5)9-4)78-101-105(94,95)99-74-80(87)73-98-104(92,93)100-77-81(75-96-83(88)69-64-59-54-49-24-21-18-15-12-8-3)102-85(90)71-66-61-56-51-46-41-28-26-23-20-17-14-11-7-2/h79-82,87H,6-78H2,1-5H3,(H,92,93)(H,94,95)/t79?,80-,81+,82+/m0/s1. The van der Waals surface area contributed by atoms with Gasteiger partial charge in [-0.15, -0.1) is 0 Å². The van der Waals surface area contributed by atoms with Gasteiger partial charge in [0.25, 0.3) is 0 Å². The first-order chi connectivity index (χ1) is 51.1. The Kier molecular flexibility index (Phi) is 77.3. The molecule has 0 radical (unpaired) electrons. The predicted molar refractivity (Wildman–Crippen MR) is 432 cm³/mol. The largest absolute Gasteiger partial charge is 0.472 e. The summed E-state index contributed by atoms with van der Waals surface area (Å²) in [6.45, 7) is 7.42. The second-order valence-corrected chi connectivity index (χ2v) is 34.1. The lowest BCUT2D eigenvalue weighted by Gasteiger charge is -2.21. The van der Waals surface area contributed by atoms with E-state index in [2.05, 4.69) is 34.6 Å². The highest BCUT2D eigenvalue weighted by atomic mass is 31.2. The zero-order chi connectivity index (χ0) is 76.9. The van der Waals surface area contributed by atoms with Gasteiger partial charge in [-0.3, -0.25) is 37.3 Å². The Bertz CT molecular complexity index is 2000. The van der Waals surface area contributed by atoms with Crippen molar-refractivity contribution in [1.29, 1.82) is 0 Å². The molecule has 0 spiro atoms. The third-order valence-electron chi connectivity index (χ3n) is 20.6. The van der Waals surface area contributed by atoms with Crippen LogP contribution in [0.2, 0.25) is 0 Å². The van der Waals surface area contributed by atoms with Gasteiger partial charge in [-0.2, -0.15) is 0 Å². The molecule has 3 unspecified atom stereocenters. The fourth-order valence-electron chi connectivity index (χ4n) is 13.4. The molecule has 17 nitrogen and oxygen atoms in total. The molecule has 0 aliphatic carbocycles. The number of aliphatic hydroxyl groups is 1. The van der Waals surface area contributed by atoms with Gasteiger partial charge in [0.15, 0.2) is 12.2 Å². The van der Waals surface area contributed by atoms with Gasteiger partial charge in [-0.1, -0.05) is 413 Å². The molecule has 3 N–H and O–H groups in total. The molecule has 0 aromatic rings. The number of carbonyl (C=O) groups excluding carboxylic acids is 4. The summed E-state index contributed by atoms with van der Waals surface area (Å²) in [5.41, 5.74) is 0. The second kappa shape index (κ2) is 78.7. The van der Waals surface area contributed by atoms with Crippen molar-refractivity contribution in [3.63, 3.8) is 0 Å². The van der Waals surface area contributed by atoms with E-state index in [1.54, 1.807) is 0 Å². The normalized spacial score (nSPS) is 14.0. The lowest BCUT2D eigenvalue weighted by Crippen LogP contribution is -2.30. The van der Waals surface area contributed by atoms with Gasteiger partial charge in [-0.25, -0.2) is 9.13 Å². The summed E-state index contributed by atoms with van der Waals surface area (Å²) in [5, 5.41) is 10.7. The summed E-state index contributed by atoms with van der Waals surface area (Å²) in [6, 6.07) is 0. The Labute approximate surface area is 645 Å². The van der Waals surface area contributed by atoms with E-state index < -0.39 is 97.5 Å².